The maximum absolute atomic E-state index is 12.9. The molecule has 3 heterocycles. The largest absolute Gasteiger partial charge is 0.355 e. The van der Waals surface area contributed by atoms with E-state index in [0.29, 0.717) is 18.1 Å². The van der Waals surface area contributed by atoms with Crippen LogP contribution in [0, 0.1) is 16.7 Å². The van der Waals surface area contributed by atoms with Gasteiger partial charge in [0.15, 0.2) is 0 Å². The van der Waals surface area contributed by atoms with Gasteiger partial charge in [0.2, 0.25) is 5.91 Å². The molecule has 3 atom stereocenters. The topological polar surface area (TPSA) is 65.2 Å². The van der Waals surface area contributed by atoms with Crippen molar-refractivity contribution in [1.29, 1.82) is 5.41 Å². The summed E-state index contributed by atoms with van der Waals surface area (Å²) in [7, 11) is 2.00. The van der Waals surface area contributed by atoms with Crippen LogP contribution in [0.3, 0.4) is 0 Å². The number of carbonyl (C=O) groups is 1. The van der Waals surface area contributed by atoms with E-state index in [1.165, 1.54) is 0 Å². The Morgan fingerprint density at radius 3 is 2.70 bits per heavy atom. The minimum atomic E-state index is -0.629. The first-order valence-electron chi connectivity index (χ1n) is 8.82. The number of nitrogens with zero attached hydrogens (tertiary/aromatic N) is 4. The molecule has 3 aliphatic rings. The highest BCUT2D eigenvalue weighted by Crippen LogP contribution is 2.49. The normalized spacial score (nSPS) is 28.3. The molecule has 0 bridgehead atoms. The predicted octanol–water partition coefficient (Wildman–Crippen LogP) is 3.22. The molecule has 1 amide bonds. The van der Waals surface area contributed by atoms with E-state index in [2.05, 4.69) is 16.1 Å². The molecule has 1 aliphatic carbocycles. The lowest BCUT2D eigenvalue weighted by atomic mass is 9.70. The molecule has 1 fully saturated rings. The number of rotatable bonds is 4. The quantitative estimate of drug-likeness (QED) is 0.617. The Hall–Kier alpha value is -2.05. The lowest BCUT2D eigenvalue weighted by molar-refractivity contribution is -0.131. The monoisotopic (exact) mass is 405 g/mol. The zero-order valence-corrected chi connectivity index (χ0v) is 16.9. The second-order valence-electron chi connectivity index (χ2n) is 7.52. The second-order valence-corrected chi connectivity index (χ2v) is 8.33. The van der Waals surface area contributed by atoms with Gasteiger partial charge < -0.3 is 9.80 Å². The lowest BCUT2D eigenvalue weighted by Crippen LogP contribution is -2.41. The van der Waals surface area contributed by atoms with Crippen molar-refractivity contribution in [2.24, 2.45) is 11.3 Å². The van der Waals surface area contributed by atoms with Crippen LogP contribution < -0.4 is 0 Å². The van der Waals surface area contributed by atoms with Crippen LogP contribution in [0.15, 0.2) is 41.8 Å². The average Bonchev–Trinajstić information content (AvgIpc) is 3.06. The van der Waals surface area contributed by atoms with Crippen LogP contribution in [0.25, 0.3) is 5.82 Å². The molecule has 0 aromatic carbocycles. The van der Waals surface area contributed by atoms with Gasteiger partial charge in [0.05, 0.1) is 34.8 Å². The fourth-order valence-electron chi connectivity index (χ4n) is 4.29. The Morgan fingerprint density at radius 1 is 1.48 bits per heavy atom. The number of allylic oxidation sites excluding steroid dienone is 2. The number of nitrogens with one attached hydrogen (secondary N) is 1. The molecule has 3 unspecified atom stereocenters. The smallest absolute Gasteiger partial charge is 0.231 e. The summed E-state index contributed by atoms with van der Waals surface area (Å²) >= 11 is 12.0. The molecule has 1 aromatic rings. The molecule has 1 N–H and O–H groups in total. The van der Waals surface area contributed by atoms with Crippen LogP contribution in [-0.4, -0.2) is 56.8 Å². The Kier molecular flexibility index (Phi) is 4.24. The summed E-state index contributed by atoms with van der Waals surface area (Å²) in [4.78, 5) is 16.8. The first kappa shape index (κ1) is 18.3. The van der Waals surface area contributed by atoms with Crippen LogP contribution in [0.4, 0.5) is 0 Å². The molecule has 0 radical (unpaired) electrons. The fraction of sp³-hybridized carbons (Fsp3) is 0.421. The van der Waals surface area contributed by atoms with Crippen molar-refractivity contribution in [1.82, 2.24) is 19.6 Å². The van der Waals surface area contributed by atoms with Gasteiger partial charge >= 0.3 is 0 Å². The van der Waals surface area contributed by atoms with Crippen molar-refractivity contribution < 1.29 is 4.79 Å². The number of likely N-dealkylation sites (N-methyl/N-ethyl adjacent to an activating group) is 1. The molecule has 4 rings (SSSR count). The summed E-state index contributed by atoms with van der Waals surface area (Å²) in [5.74, 6) is 0.710. The van der Waals surface area contributed by atoms with Gasteiger partial charge in [0, 0.05) is 20.1 Å². The fourth-order valence-corrected chi connectivity index (χ4v) is 4.66. The van der Waals surface area contributed by atoms with E-state index in [4.69, 9.17) is 28.6 Å². The Morgan fingerprint density at radius 2 is 2.22 bits per heavy atom. The SMILES string of the molecule is CC1=C(n2cc(Cl)cn2)N(C)CC(C(C)N2CC3(C(=N)Cl)C=CC3C2=O)=C1. The lowest BCUT2D eigenvalue weighted by Gasteiger charge is -2.35. The molecular weight excluding hydrogens is 385 g/mol. The highest BCUT2D eigenvalue weighted by molar-refractivity contribution is 6.66. The van der Waals surface area contributed by atoms with E-state index < -0.39 is 5.41 Å². The van der Waals surface area contributed by atoms with E-state index in [1.54, 1.807) is 17.1 Å². The minimum absolute atomic E-state index is 0.0433. The van der Waals surface area contributed by atoms with Crippen LogP contribution in [0.1, 0.15) is 13.8 Å². The van der Waals surface area contributed by atoms with Crippen molar-refractivity contribution >= 4 is 40.1 Å². The van der Waals surface area contributed by atoms with Gasteiger partial charge in [-0.2, -0.15) is 5.10 Å². The Balaban J connectivity index is 1.62. The number of hydrogen-bond acceptors (Lipinski definition) is 4. The van der Waals surface area contributed by atoms with E-state index in [1.807, 2.05) is 37.9 Å². The molecule has 1 aromatic heterocycles. The van der Waals surface area contributed by atoms with Crippen molar-refractivity contribution in [2.75, 3.05) is 20.1 Å². The van der Waals surface area contributed by atoms with Gasteiger partial charge in [-0.15, -0.1) is 0 Å². The van der Waals surface area contributed by atoms with Crippen molar-refractivity contribution in [3.8, 4) is 0 Å². The summed E-state index contributed by atoms with van der Waals surface area (Å²) in [5.41, 5.74) is 1.57. The van der Waals surface area contributed by atoms with Crippen LogP contribution >= 0.6 is 23.2 Å². The summed E-state index contributed by atoms with van der Waals surface area (Å²) in [6.45, 7) is 5.21. The van der Waals surface area contributed by atoms with E-state index in [9.17, 15) is 4.79 Å². The molecule has 8 heteroatoms. The van der Waals surface area contributed by atoms with Gasteiger partial charge in [0.1, 0.15) is 11.0 Å². The second kappa shape index (κ2) is 6.24. The highest BCUT2D eigenvalue weighted by atomic mass is 35.5. The first-order chi connectivity index (χ1) is 12.7. The van der Waals surface area contributed by atoms with Gasteiger partial charge in [-0.1, -0.05) is 41.4 Å². The minimum Gasteiger partial charge on any atom is -0.355 e. The van der Waals surface area contributed by atoms with Crippen molar-refractivity contribution in [3.63, 3.8) is 0 Å². The zero-order chi connectivity index (χ0) is 19.5. The number of amides is 1. The summed E-state index contributed by atoms with van der Waals surface area (Å²) in [6.07, 6.45) is 9.27. The number of likely N-dealkylation sites (tertiary alicyclic amines) is 1. The number of halogens is 2. The van der Waals surface area contributed by atoms with Crippen LogP contribution in [0.5, 0.6) is 0 Å². The Bertz CT molecular complexity index is 930. The number of hydrogen-bond donors (Lipinski definition) is 1. The molecule has 1 saturated heterocycles. The standard InChI is InChI=1S/C19H21Cl2N5O/c1-11-6-13(8-24(3)16(11)26-9-14(20)7-23-26)12(2)25-10-19(18(21)22)5-4-15(19)17(25)27/h4-7,9,12,15,22H,8,10H2,1-3H3. The molecule has 0 spiro atoms. The molecular formula is C19H21Cl2N5O. The van der Waals surface area contributed by atoms with E-state index >= 15 is 0 Å². The van der Waals surface area contributed by atoms with Crippen LogP contribution in [0.2, 0.25) is 5.02 Å². The predicted molar refractivity (Wildman–Crippen MR) is 107 cm³/mol. The molecule has 27 heavy (non-hydrogen) atoms. The average molecular weight is 406 g/mol. The molecule has 0 saturated carbocycles. The number of fused-ring (bicyclic) bond motifs is 1. The molecule has 142 valence electrons. The molecule has 6 nitrogen and oxygen atoms in total. The summed E-state index contributed by atoms with van der Waals surface area (Å²) < 4.78 is 1.77. The third-order valence-electron chi connectivity index (χ3n) is 5.84. The van der Waals surface area contributed by atoms with Crippen molar-refractivity contribution in [2.45, 2.75) is 19.9 Å². The third kappa shape index (κ3) is 2.65. The van der Waals surface area contributed by atoms with Gasteiger partial charge in [-0.05, 0) is 25.0 Å². The maximum Gasteiger partial charge on any atom is 0.231 e. The summed E-state index contributed by atoms with van der Waals surface area (Å²) in [6, 6.07) is -0.0713. The molecule has 2 aliphatic heterocycles. The van der Waals surface area contributed by atoms with E-state index in [-0.39, 0.29) is 23.0 Å². The maximum atomic E-state index is 12.9. The Labute approximate surface area is 168 Å². The summed E-state index contributed by atoms with van der Waals surface area (Å²) in [5, 5.41) is 12.8. The van der Waals surface area contributed by atoms with Gasteiger partial charge in [0.25, 0.3) is 0 Å². The number of carbonyl (C=O) groups excluding carboxylic acids is 1. The zero-order valence-electron chi connectivity index (χ0n) is 15.4. The van der Waals surface area contributed by atoms with E-state index in [0.717, 1.165) is 17.0 Å². The third-order valence-corrected chi connectivity index (χ3v) is 6.39. The van der Waals surface area contributed by atoms with Crippen LogP contribution in [-0.2, 0) is 4.79 Å². The van der Waals surface area contributed by atoms with Gasteiger partial charge in [-0.25, -0.2) is 4.68 Å². The van der Waals surface area contributed by atoms with Crippen molar-refractivity contribution in [3.05, 3.63) is 46.8 Å². The first-order valence-corrected chi connectivity index (χ1v) is 9.57. The number of aromatic nitrogens is 2. The highest BCUT2D eigenvalue weighted by Gasteiger charge is 2.57. The van der Waals surface area contributed by atoms with Gasteiger partial charge in [-0.3, -0.25) is 10.2 Å².